The monoisotopic (exact) mass is 297 g/mol. The molecule has 0 unspecified atom stereocenters. The number of hydrogen-bond acceptors (Lipinski definition) is 3. The van der Waals surface area contributed by atoms with Crippen LogP contribution < -0.4 is 11.1 Å². The van der Waals surface area contributed by atoms with Crippen molar-refractivity contribution in [2.75, 3.05) is 20.1 Å². The number of nitrogens with zero attached hydrogens (tertiary/aromatic N) is 1. The molecule has 1 aliphatic carbocycles. The van der Waals surface area contributed by atoms with E-state index in [4.69, 9.17) is 5.73 Å². The SMILES string of the molecule is CCC1CCC(CN)(N(C)CC(=O)NC(C)(C)CC)CC1. The lowest BCUT2D eigenvalue weighted by molar-refractivity contribution is -0.125. The third kappa shape index (κ3) is 4.96. The van der Waals surface area contributed by atoms with Gasteiger partial charge in [0, 0.05) is 17.6 Å². The van der Waals surface area contributed by atoms with Crippen LogP contribution in [0.1, 0.15) is 66.2 Å². The largest absolute Gasteiger partial charge is 0.350 e. The van der Waals surface area contributed by atoms with E-state index in [1.54, 1.807) is 0 Å². The van der Waals surface area contributed by atoms with Crippen LogP contribution in [0.25, 0.3) is 0 Å². The third-order valence-corrected chi connectivity index (χ3v) is 5.55. The maximum atomic E-state index is 12.3. The molecule has 21 heavy (non-hydrogen) atoms. The van der Waals surface area contributed by atoms with Gasteiger partial charge in [-0.3, -0.25) is 9.69 Å². The smallest absolute Gasteiger partial charge is 0.234 e. The molecule has 3 N–H and O–H groups in total. The molecule has 0 atom stereocenters. The van der Waals surface area contributed by atoms with Gasteiger partial charge < -0.3 is 11.1 Å². The molecule has 0 bridgehead atoms. The number of carbonyl (C=O) groups excluding carboxylic acids is 1. The topological polar surface area (TPSA) is 58.4 Å². The normalized spacial score (nSPS) is 26.9. The van der Waals surface area contributed by atoms with Crippen molar-refractivity contribution in [1.29, 1.82) is 0 Å². The van der Waals surface area contributed by atoms with Crippen LogP contribution in [0, 0.1) is 5.92 Å². The number of hydrogen-bond donors (Lipinski definition) is 2. The van der Waals surface area contributed by atoms with Gasteiger partial charge in [0.2, 0.25) is 5.91 Å². The van der Waals surface area contributed by atoms with Crippen LogP contribution >= 0.6 is 0 Å². The van der Waals surface area contributed by atoms with E-state index in [1.165, 1.54) is 19.3 Å². The first kappa shape index (κ1) is 18.4. The van der Waals surface area contributed by atoms with Gasteiger partial charge >= 0.3 is 0 Å². The van der Waals surface area contributed by atoms with E-state index in [9.17, 15) is 4.79 Å². The van der Waals surface area contributed by atoms with Gasteiger partial charge in [-0.25, -0.2) is 0 Å². The predicted molar refractivity (Wildman–Crippen MR) is 89.2 cm³/mol. The predicted octanol–water partition coefficient (Wildman–Crippen LogP) is 2.52. The van der Waals surface area contributed by atoms with Crippen molar-refractivity contribution < 1.29 is 4.79 Å². The maximum Gasteiger partial charge on any atom is 0.234 e. The molecule has 0 saturated heterocycles. The molecular formula is C17H35N3O. The molecule has 0 radical (unpaired) electrons. The molecule has 0 heterocycles. The lowest BCUT2D eigenvalue weighted by atomic mass is 9.74. The Bertz CT molecular complexity index is 333. The highest BCUT2D eigenvalue weighted by atomic mass is 16.2. The lowest BCUT2D eigenvalue weighted by Crippen LogP contribution is -2.57. The molecule has 0 aromatic rings. The minimum absolute atomic E-state index is 0.0133. The Morgan fingerprint density at radius 1 is 1.33 bits per heavy atom. The van der Waals surface area contributed by atoms with Crippen LogP contribution in [0.5, 0.6) is 0 Å². The van der Waals surface area contributed by atoms with E-state index >= 15 is 0 Å². The van der Waals surface area contributed by atoms with Crippen molar-refractivity contribution in [3.05, 3.63) is 0 Å². The highest BCUT2D eigenvalue weighted by Gasteiger charge is 2.38. The number of nitrogens with one attached hydrogen (secondary N) is 1. The summed E-state index contributed by atoms with van der Waals surface area (Å²) in [7, 11) is 2.05. The number of rotatable bonds is 7. The summed E-state index contributed by atoms with van der Waals surface area (Å²) in [5.41, 5.74) is 5.96. The summed E-state index contributed by atoms with van der Waals surface area (Å²) in [6, 6.07) is 0. The molecule has 0 aliphatic heterocycles. The van der Waals surface area contributed by atoms with Crippen molar-refractivity contribution >= 4 is 5.91 Å². The summed E-state index contributed by atoms with van der Waals surface area (Å²) in [6.45, 7) is 9.58. The van der Waals surface area contributed by atoms with Gasteiger partial charge in [0.1, 0.15) is 0 Å². The van der Waals surface area contributed by atoms with Crippen molar-refractivity contribution in [2.24, 2.45) is 11.7 Å². The first-order valence-corrected chi connectivity index (χ1v) is 8.51. The Balaban J connectivity index is 2.60. The van der Waals surface area contributed by atoms with Gasteiger partial charge in [-0.2, -0.15) is 0 Å². The number of likely N-dealkylation sites (N-methyl/N-ethyl adjacent to an activating group) is 1. The van der Waals surface area contributed by atoms with E-state index in [0.29, 0.717) is 13.1 Å². The fourth-order valence-electron chi connectivity index (χ4n) is 3.25. The maximum absolute atomic E-state index is 12.3. The van der Waals surface area contributed by atoms with E-state index in [2.05, 4.69) is 45.0 Å². The molecule has 1 saturated carbocycles. The summed E-state index contributed by atoms with van der Waals surface area (Å²) in [5, 5.41) is 3.12. The lowest BCUT2D eigenvalue weighted by Gasteiger charge is -2.46. The molecule has 124 valence electrons. The molecule has 1 amide bonds. The number of nitrogens with two attached hydrogens (primary N) is 1. The van der Waals surface area contributed by atoms with Gasteiger partial charge in [-0.15, -0.1) is 0 Å². The van der Waals surface area contributed by atoms with Gasteiger partial charge in [0.25, 0.3) is 0 Å². The van der Waals surface area contributed by atoms with Crippen LogP contribution in [0.15, 0.2) is 0 Å². The van der Waals surface area contributed by atoms with Crippen molar-refractivity contribution in [2.45, 2.75) is 77.3 Å². The third-order valence-electron chi connectivity index (χ3n) is 5.55. The molecule has 1 rings (SSSR count). The number of amides is 1. The fraction of sp³-hybridized carbons (Fsp3) is 0.941. The second-order valence-electron chi connectivity index (χ2n) is 7.42. The Labute approximate surface area is 130 Å². The summed E-state index contributed by atoms with van der Waals surface area (Å²) < 4.78 is 0. The Morgan fingerprint density at radius 2 is 1.90 bits per heavy atom. The van der Waals surface area contributed by atoms with Crippen molar-refractivity contribution in [3.63, 3.8) is 0 Å². The number of carbonyl (C=O) groups is 1. The first-order valence-electron chi connectivity index (χ1n) is 8.51. The van der Waals surface area contributed by atoms with Gasteiger partial charge in [0.15, 0.2) is 0 Å². The van der Waals surface area contributed by atoms with Crippen LogP contribution in [0.3, 0.4) is 0 Å². The summed E-state index contributed by atoms with van der Waals surface area (Å²) in [5.74, 6) is 0.945. The Morgan fingerprint density at radius 3 is 2.33 bits per heavy atom. The van der Waals surface area contributed by atoms with E-state index in [-0.39, 0.29) is 17.0 Å². The summed E-state index contributed by atoms with van der Waals surface area (Å²) in [6.07, 6.45) is 6.89. The Hall–Kier alpha value is -0.610. The summed E-state index contributed by atoms with van der Waals surface area (Å²) >= 11 is 0. The first-order chi connectivity index (χ1) is 9.78. The molecule has 0 aromatic heterocycles. The van der Waals surface area contributed by atoms with Crippen LogP contribution in [0.2, 0.25) is 0 Å². The zero-order chi connectivity index (χ0) is 16.1. The molecule has 0 aromatic carbocycles. The average Bonchev–Trinajstić information content (AvgIpc) is 2.46. The molecule has 1 fully saturated rings. The molecular weight excluding hydrogens is 262 g/mol. The second-order valence-corrected chi connectivity index (χ2v) is 7.42. The minimum atomic E-state index is -0.131. The quantitative estimate of drug-likeness (QED) is 0.759. The molecule has 4 nitrogen and oxygen atoms in total. The standard InChI is InChI=1S/C17H35N3O/c1-6-14-8-10-17(13-18,11-9-14)20(5)12-15(21)19-16(3,4)7-2/h14H,6-13,18H2,1-5H3,(H,19,21). The van der Waals surface area contributed by atoms with E-state index in [0.717, 1.165) is 25.2 Å². The van der Waals surface area contributed by atoms with Crippen LogP contribution in [-0.4, -0.2) is 42.0 Å². The van der Waals surface area contributed by atoms with Crippen LogP contribution in [0.4, 0.5) is 0 Å². The molecule has 0 spiro atoms. The highest BCUT2D eigenvalue weighted by Crippen LogP contribution is 2.36. The van der Waals surface area contributed by atoms with Crippen molar-refractivity contribution in [3.8, 4) is 0 Å². The van der Waals surface area contributed by atoms with Crippen LogP contribution in [-0.2, 0) is 4.79 Å². The van der Waals surface area contributed by atoms with E-state index in [1.807, 2.05) is 0 Å². The highest BCUT2D eigenvalue weighted by molar-refractivity contribution is 5.78. The molecule has 1 aliphatic rings. The average molecular weight is 297 g/mol. The van der Waals surface area contributed by atoms with E-state index < -0.39 is 0 Å². The fourth-order valence-corrected chi connectivity index (χ4v) is 3.25. The van der Waals surface area contributed by atoms with Gasteiger partial charge in [-0.05, 0) is 58.9 Å². The molecule has 4 heteroatoms. The van der Waals surface area contributed by atoms with Crippen molar-refractivity contribution in [1.82, 2.24) is 10.2 Å². The zero-order valence-corrected chi connectivity index (χ0v) is 14.7. The minimum Gasteiger partial charge on any atom is -0.350 e. The zero-order valence-electron chi connectivity index (χ0n) is 14.7. The second kappa shape index (κ2) is 7.59. The van der Waals surface area contributed by atoms with Gasteiger partial charge in [0.05, 0.1) is 6.54 Å². The summed E-state index contributed by atoms with van der Waals surface area (Å²) in [4.78, 5) is 14.5. The van der Waals surface area contributed by atoms with Gasteiger partial charge in [-0.1, -0.05) is 20.3 Å². The Kier molecular flexibility index (Phi) is 6.67.